The summed E-state index contributed by atoms with van der Waals surface area (Å²) in [6, 6.07) is -0.310. The smallest absolute Gasteiger partial charge is 0.245 e. The molecule has 2 saturated heterocycles. The highest BCUT2D eigenvalue weighted by molar-refractivity contribution is 7.09. The van der Waals surface area contributed by atoms with Crippen LogP contribution in [0.15, 0.2) is 5.51 Å². The molecule has 3 heterocycles. The molecule has 2 aliphatic heterocycles. The van der Waals surface area contributed by atoms with Crippen LogP contribution in [0.4, 0.5) is 0 Å². The van der Waals surface area contributed by atoms with Gasteiger partial charge in [0.05, 0.1) is 11.2 Å². The van der Waals surface area contributed by atoms with Gasteiger partial charge in [-0.05, 0) is 38.5 Å². The van der Waals surface area contributed by atoms with Crippen molar-refractivity contribution in [1.82, 2.24) is 20.1 Å². The number of thiazole rings is 1. The molecule has 7 nitrogen and oxygen atoms in total. The highest BCUT2D eigenvalue weighted by Gasteiger charge is 2.52. The molecule has 3 aliphatic rings. The summed E-state index contributed by atoms with van der Waals surface area (Å²) < 4.78 is 0. The summed E-state index contributed by atoms with van der Waals surface area (Å²) in [7, 11) is 1.73. The Morgan fingerprint density at radius 2 is 2.21 bits per heavy atom. The van der Waals surface area contributed by atoms with Gasteiger partial charge in [0.1, 0.15) is 6.04 Å². The third-order valence-corrected chi connectivity index (χ3v) is 8.19. The molecule has 1 saturated carbocycles. The highest BCUT2D eigenvalue weighted by Crippen LogP contribution is 2.48. The molecule has 0 spiro atoms. The number of nitrogens with one attached hydrogen (secondary N) is 1. The molecule has 8 heteroatoms. The van der Waals surface area contributed by atoms with Crippen LogP contribution < -0.4 is 5.32 Å². The van der Waals surface area contributed by atoms with Crippen LogP contribution in [0.1, 0.15) is 49.1 Å². The number of carbonyl (C=O) groups excluding carboxylic acids is 3. The third-order valence-electron chi connectivity index (χ3n) is 7.19. The van der Waals surface area contributed by atoms with Gasteiger partial charge in [-0.3, -0.25) is 14.4 Å². The molecule has 3 atom stereocenters. The van der Waals surface area contributed by atoms with Crippen LogP contribution >= 0.6 is 11.3 Å². The van der Waals surface area contributed by atoms with E-state index in [9.17, 15) is 14.4 Å². The summed E-state index contributed by atoms with van der Waals surface area (Å²) in [5, 5.41) is 3.16. The lowest BCUT2D eigenvalue weighted by atomic mass is 9.80. The van der Waals surface area contributed by atoms with Crippen LogP contribution in [0.25, 0.3) is 0 Å². The lowest BCUT2D eigenvalue weighted by Crippen LogP contribution is -2.46. The average molecular weight is 419 g/mol. The Hall–Kier alpha value is -1.96. The summed E-state index contributed by atoms with van der Waals surface area (Å²) in [4.78, 5) is 46.2. The maximum atomic E-state index is 13.0. The molecular weight excluding hydrogens is 388 g/mol. The molecule has 0 radical (unpaired) electrons. The second-order valence-corrected chi connectivity index (χ2v) is 9.81. The Kier molecular flexibility index (Phi) is 5.64. The second-order valence-electron chi connectivity index (χ2n) is 8.87. The van der Waals surface area contributed by atoms with Gasteiger partial charge in [-0.2, -0.15) is 0 Å². The molecule has 3 amide bonds. The van der Waals surface area contributed by atoms with Crippen molar-refractivity contribution in [3.8, 4) is 0 Å². The number of likely N-dealkylation sites (N-methyl/N-ethyl adjacent to an activating group) is 1. The maximum Gasteiger partial charge on any atom is 0.245 e. The van der Waals surface area contributed by atoms with E-state index in [1.807, 2.05) is 17.3 Å². The molecule has 1 aliphatic carbocycles. The van der Waals surface area contributed by atoms with Gasteiger partial charge >= 0.3 is 0 Å². The van der Waals surface area contributed by atoms with Crippen molar-refractivity contribution in [2.75, 3.05) is 26.7 Å². The van der Waals surface area contributed by atoms with Crippen LogP contribution in [-0.2, 0) is 20.8 Å². The van der Waals surface area contributed by atoms with Crippen molar-refractivity contribution in [3.05, 3.63) is 16.1 Å². The molecular formula is C21H30N4O3S. The summed E-state index contributed by atoms with van der Waals surface area (Å²) >= 11 is 1.60. The largest absolute Gasteiger partial charge is 0.355 e. The van der Waals surface area contributed by atoms with E-state index in [2.05, 4.69) is 10.3 Å². The van der Waals surface area contributed by atoms with E-state index >= 15 is 0 Å². The molecule has 4 rings (SSSR count). The Bertz CT molecular complexity index is 810. The Balaban J connectivity index is 1.33. The standard InChI is InChI=1S/C21H30N4O3S/c1-14-17(29-13-23-14)6-7-18(26)22-11-21-9-3-4-15(21)10-25(12-21)20(28)16-5-8-19(27)24(16)2/h13,15-16H,3-12H2,1-2H3,(H,22,26)/t15-,16+,21-/m0/s1. The van der Waals surface area contributed by atoms with Gasteiger partial charge in [0.25, 0.3) is 0 Å². The van der Waals surface area contributed by atoms with Crippen LogP contribution in [0, 0.1) is 18.3 Å². The van der Waals surface area contributed by atoms with E-state index in [0.717, 1.165) is 37.9 Å². The number of likely N-dealkylation sites (tertiary alicyclic amines) is 2. The highest BCUT2D eigenvalue weighted by atomic mass is 32.1. The Morgan fingerprint density at radius 3 is 2.90 bits per heavy atom. The van der Waals surface area contributed by atoms with E-state index < -0.39 is 0 Å². The molecule has 0 unspecified atom stereocenters. The molecule has 1 aromatic heterocycles. The normalized spacial score (nSPS) is 28.8. The zero-order valence-electron chi connectivity index (χ0n) is 17.3. The van der Waals surface area contributed by atoms with Crippen molar-refractivity contribution in [3.63, 3.8) is 0 Å². The number of hydrogen-bond donors (Lipinski definition) is 1. The number of rotatable bonds is 6. The fourth-order valence-corrected chi connectivity index (χ4v) is 6.11. The first-order valence-electron chi connectivity index (χ1n) is 10.6. The fourth-order valence-electron chi connectivity index (χ4n) is 5.33. The van der Waals surface area contributed by atoms with E-state index in [1.54, 1.807) is 23.3 Å². The number of fused-ring (bicyclic) bond motifs is 1. The SMILES string of the molecule is Cc1ncsc1CCC(=O)NC[C@]12CCC[C@H]1CN(C(=O)[C@H]1CCC(=O)N1C)C2. The quantitative estimate of drug-likeness (QED) is 0.763. The molecule has 1 N–H and O–H groups in total. The predicted molar refractivity (Wildman–Crippen MR) is 110 cm³/mol. The molecule has 29 heavy (non-hydrogen) atoms. The van der Waals surface area contributed by atoms with Crippen LogP contribution in [0.5, 0.6) is 0 Å². The van der Waals surface area contributed by atoms with E-state index in [0.29, 0.717) is 38.3 Å². The minimum atomic E-state index is -0.310. The lowest BCUT2D eigenvalue weighted by Gasteiger charge is -2.30. The van der Waals surface area contributed by atoms with Gasteiger partial charge < -0.3 is 15.1 Å². The minimum absolute atomic E-state index is 0.00703. The summed E-state index contributed by atoms with van der Waals surface area (Å²) in [6.07, 6.45) is 5.60. The van der Waals surface area contributed by atoms with Crippen molar-refractivity contribution >= 4 is 29.1 Å². The number of aromatic nitrogens is 1. The number of nitrogens with zero attached hydrogens (tertiary/aromatic N) is 3. The zero-order valence-corrected chi connectivity index (χ0v) is 18.1. The zero-order chi connectivity index (χ0) is 20.6. The monoisotopic (exact) mass is 418 g/mol. The van der Waals surface area contributed by atoms with E-state index in [4.69, 9.17) is 0 Å². The van der Waals surface area contributed by atoms with Crippen LogP contribution in [0.3, 0.4) is 0 Å². The summed E-state index contributed by atoms with van der Waals surface area (Å²) in [5.74, 6) is 0.654. The van der Waals surface area contributed by atoms with E-state index in [-0.39, 0.29) is 29.2 Å². The van der Waals surface area contributed by atoms with E-state index in [1.165, 1.54) is 4.88 Å². The second kappa shape index (κ2) is 8.05. The number of hydrogen-bond acceptors (Lipinski definition) is 5. The molecule has 0 aromatic carbocycles. The third kappa shape index (κ3) is 3.91. The van der Waals surface area contributed by atoms with Gasteiger partial charge in [-0.1, -0.05) is 6.42 Å². The van der Waals surface area contributed by atoms with Crippen molar-refractivity contribution in [1.29, 1.82) is 0 Å². The first kappa shape index (κ1) is 20.3. The molecule has 3 fully saturated rings. The Labute approximate surface area is 175 Å². The Morgan fingerprint density at radius 1 is 1.38 bits per heavy atom. The van der Waals surface area contributed by atoms with Gasteiger partial charge in [0, 0.05) is 49.8 Å². The first-order chi connectivity index (χ1) is 13.9. The molecule has 1 aromatic rings. The van der Waals surface area contributed by atoms with Gasteiger partial charge in [0.2, 0.25) is 17.7 Å². The van der Waals surface area contributed by atoms with Gasteiger partial charge in [-0.15, -0.1) is 11.3 Å². The van der Waals surface area contributed by atoms with Crippen molar-refractivity contribution < 1.29 is 14.4 Å². The van der Waals surface area contributed by atoms with Gasteiger partial charge in [-0.25, -0.2) is 4.98 Å². The number of aryl methyl sites for hydroxylation is 2. The van der Waals surface area contributed by atoms with Crippen LogP contribution in [-0.4, -0.2) is 65.2 Å². The molecule has 0 bridgehead atoms. The number of carbonyl (C=O) groups is 3. The minimum Gasteiger partial charge on any atom is -0.355 e. The lowest BCUT2D eigenvalue weighted by molar-refractivity contribution is -0.139. The summed E-state index contributed by atoms with van der Waals surface area (Å²) in [5.41, 5.74) is 2.83. The summed E-state index contributed by atoms with van der Waals surface area (Å²) in [6.45, 7) is 4.07. The maximum absolute atomic E-state index is 13.0. The molecule has 158 valence electrons. The van der Waals surface area contributed by atoms with Crippen molar-refractivity contribution in [2.45, 2.75) is 57.9 Å². The van der Waals surface area contributed by atoms with Gasteiger partial charge in [0.15, 0.2) is 0 Å². The van der Waals surface area contributed by atoms with Crippen LogP contribution in [0.2, 0.25) is 0 Å². The average Bonchev–Trinajstić information content (AvgIpc) is 3.43. The topological polar surface area (TPSA) is 82.6 Å². The first-order valence-corrected chi connectivity index (χ1v) is 11.5. The number of amides is 3. The predicted octanol–water partition coefficient (Wildman–Crippen LogP) is 1.75. The van der Waals surface area contributed by atoms with Crippen molar-refractivity contribution in [2.24, 2.45) is 11.3 Å². The fraction of sp³-hybridized carbons (Fsp3) is 0.714.